The van der Waals surface area contributed by atoms with E-state index >= 15 is 0 Å². The van der Waals surface area contributed by atoms with Crippen molar-refractivity contribution in [3.63, 3.8) is 0 Å². The van der Waals surface area contributed by atoms with Crippen LogP contribution in [0.2, 0.25) is 0 Å². The van der Waals surface area contributed by atoms with E-state index in [1.54, 1.807) is 14.2 Å². The number of hydrogen-bond acceptors (Lipinski definition) is 3. The minimum absolute atomic E-state index is 0.710. The topological polar surface area (TPSA) is 31.6 Å². The van der Waals surface area contributed by atoms with Crippen LogP contribution >= 0.6 is 63.7 Å². The first kappa shape index (κ1) is 22.4. The van der Waals surface area contributed by atoms with E-state index in [1.165, 1.54) is 0 Å². The van der Waals surface area contributed by atoms with Gasteiger partial charge in [0.15, 0.2) is 0 Å². The molecule has 1 aromatic heterocycles. The lowest BCUT2D eigenvalue weighted by Crippen LogP contribution is -1.87. The van der Waals surface area contributed by atoms with Gasteiger partial charge in [-0.15, -0.1) is 0 Å². The number of hydrogen-bond donors (Lipinski definition) is 0. The SMILES string of the molecule is COc1ccc(-c2oc(C=C(Br)Br)c(C=C(Br)Br)c2-c2ccc(OC)cc2)cc1. The van der Waals surface area contributed by atoms with Gasteiger partial charge in [-0.25, -0.2) is 0 Å². The van der Waals surface area contributed by atoms with E-state index in [0.717, 1.165) is 46.3 Å². The molecular weight excluding hydrogens is 632 g/mol. The second-order valence-corrected chi connectivity index (χ2v) is 11.5. The molecule has 29 heavy (non-hydrogen) atoms. The number of methoxy groups -OCH3 is 2. The Morgan fingerprint density at radius 3 is 1.66 bits per heavy atom. The molecule has 0 atom stereocenters. The van der Waals surface area contributed by atoms with Crippen LogP contribution in [0.25, 0.3) is 34.6 Å². The first-order valence-corrected chi connectivity index (χ1v) is 11.6. The standard InChI is InChI=1S/C22H16Br4O3/c1-27-15-7-3-13(4-8-15)21-17(11-19(23)24)18(12-20(25)26)29-22(21)14-5-9-16(28-2)10-6-14/h3-12H,1-2H3. The normalized spacial score (nSPS) is 10.4. The lowest BCUT2D eigenvalue weighted by atomic mass is 9.97. The molecule has 1 heterocycles. The summed E-state index contributed by atoms with van der Waals surface area (Å²) in [5.41, 5.74) is 3.86. The maximum atomic E-state index is 6.33. The molecule has 0 spiro atoms. The van der Waals surface area contributed by atoms with Crippen molar-refractivity contribution in [1.29, 1.82) is 0 Å². The molecule has 0 N–H and O–H groups in total. The quantitative estimate of drug-likeness (QED) is 0.268. The molecule has 3 rings (SSSR count). The fourth-order valence-electron chi connectivity index (χ4n) is 2.91. The minimum Gasteiger partial charge on any atom is -0.497 e. The van der Waals surface area contributed by atoms with Crippen LogP contribution in [0, 0.1) is 0 Å². The molecule has 0 bridgehead atoms. The lowest BCUT2D eigenvalue weighted by Gasteiger charge is -2.07. The molecular formula is C22H16Br4O3. The molecule has 3 aromatic rings. The Balaban J connectivity index is 2.31. The van der Waals surface area contributed by atoms with Crippen molar-refractivity contribution < 1.29 is 13.9 Å². The van der Waals surface area contributed by atoms with E-state index < -0.39 is 0 Å². The third kappa shape index (κ3) is 5.45. The molecule has 0 aliphatic heterocycles. The zero-order valence-corrected chi connectivity index (χ0v) is 21.9. The summed E-state index contributed by atoms with van der Waals surface area (Å²) >= 11 is 13.8. The van der Waals surface area contributed by atoms with Gasteiger partial charge < -0.3 is 13.9 Å². The molecule has 0 aliphatic carbocycles. The molecule has 0 amide bonds. The predicted molar refractivity (Wildman–Crippen MR) is 134 cm³/mol. The summed E-state index contributed by atoms with van der Waals surface area (Å²) in [4.78, 5) is 0. The Bertz CT molecular complexity index is 1040. The van der Waals surface area contributed by atoms with Crippen LogP contribution < -0.4 is 9.47 Å². The molecule has 0 saturated carbocycles. The summed E-state index contributed by atoms with van der Waals surface area (Å²) in [6.45, 7) is 0. The summed E-state index contributed by atoms with van der Waals surface area (Å²) in [6, 6.07) is 15.7. The number of ether oxygens (including phenoxy) is 2. The van der Waals surface area contributed by atoms with Crippen molar-refractivity contribution in [1.82, 2.24) is 0 Å². The third-order valence-corrected chi connectivity index (χ3v) is 5.11. The third-order valence-electron chi connectivity index (χ3n) is 4.20. The number of benzene rings is 2. The van der Waals surface area contributed by atoms with Crippen LogP contribution in [0.4, 0.5) is 0 Å². The maximum absolute atomic E-state index is 6.33. The molecule has 0 fully saturated rings. The van der Waals surface area contributed by atoms with Crippen LogP contribution in [-0.4, -0.2) is 14.2 Å². The van der Waals surface area contributed by atoms with Gasteiger partial charge in [0.25, 0.3) is 0 Å². The molecule has 7 heteroatoms. The number of halogens is 4. The first-order chi connectivity index (χ1) is 13.9. The lowest BCUT2D eigenvalue weighted by molar-refractivity contribution is 0.414. The fraction of sp³-hybridized carbons (Fsp3) is 0.0909. The molecule has 0 aliphatic rings. The van der Waals surface area contributed by atoms with Gasteiger partial charge in [-0.05, 0) is 112 Å². The van der Waals surface area contributed by atoms with Crippen molar-refractivity contribution >= 4 is 75.9 Å². The van der Waals surface area contributed by atoms with Crippen molar-refractivity contribution in [3.8, 4) is 33.9 Å². The highest BCUT2D eigenvalue weighted by atomic mass is 79.9. The highest BCUT2D eigenvalue weighted by Gasteiger charge is 2.21. The Labute approximate surface area is 203 Å². The number of rotatable bonds is 6. The summed E-state index contributed by atoms with van der Waals surface area (Å²) in [6.07, 6.45) is 3.86. The summed E-state index contributed by atoms with van der Waals surface area (Å²) in [5, 5.41) is 0. The second-order valence-electron chi connectivity index (χ2n) is 5.91. The Hall–Kier alpha value is -1.28. The highest BCUT2D eigenvalue weighted by Crippen LogP contribution is 2.43. The van der Waals surface area contributed by atoms with E-state index in [2.05, 4.69) is 63.7 Å². The summed E-state index contributed by atoms with van der Waals surface area (Å²) in [5.74, 6) is 3.06. The summed E-state index contributed by atoms with van der Waals surface area (Å²) in [7, 11) is 3.31. The van der Waals surface area contributed by atoms with Gasteiger partial charge in [0.05, 0.1) is 21.0 Å². The number of furan rings is 1. The van der Waals surface area contributed by atoms with Gasteiger partial charge in [0, 0.05) is 22.8 Å². The van der Waals surface area contributed by atoms with E-state index in [-0.39, 0.29) is 0 Å². The predicted octanol–water partition coefficient (Wildman–Crippen LogP) is 8.81. The van der Waals surface area contributed by atoms with Crippen molar-refractivity contribution in [3.05, 3.63) is 66.6 Å². The van der Waals surface area contributed by atoms with Gasteiger partial charge in [0.1, 0.15) is 23.0 Å². The van der Waals surface area contributed by atoms with Gasteiger partial charge in [-0.2, -0.15) is 0 Å². The van der Waals surface area contributed by atoms with E-state index in [4.69, 9.17) is 13.9 Å². The average molecular weight is 648 g/mol. The molecule has 0 saturated heterocycles. The van der Waals surface area contributed by atoms with E-state index in [0.29, 0.717) is 5.76 Å². The highest BCUT2D eigenvalue weighted by molar-refractivity contribution is 9.28. The van der Waals surface area contributed by atoms with Gasteiger partial charge >= 0.3 is 0 Å². The average Bonchev–Trinajstić information content (AvgIpc) is 3.04. The smallest absolute Gasteiger partial charge is 0.143 e. The van der Waals surface area contributed by atoms with E-state index in [1.807, 2.05) is 60.7 Å². The van der Waals surface area contributed by atoms with Gasteiger partial charge in [-0.3, -0.25) is 0 Å². The Kier molecular flexibility index (Phi) is 7.85. The Morgan fingerprint density at radius 1 is 0.724 bits per heavy atom. The molecule has 150 valence electrons. The summed E-state index contributed by atoms with van der Waals surface area (Å²) < 4.78 is 18.5. The first-order valence-electron chi connectivity index (χ1n) is 8.44. The van der Waals surface area contributed by atoms with Gasteiger partial charge in [-0.1, -0.05) is 12.1 Å². The van der Waals surface area contributed by atoms with Crippen molar-refractivity contribution in [2.45, 2.75) is 0 Å². The second kappa shape index (κ2) is 10.2. The van der Waals surface area contributed by atoms with Crippen LogP contribution in [0.1, 0.15) is 11.3 Å². The van der Waals surface area contributed by atoms with Crippen molar-refractivity contribution in [2.24, 2.45) is 0 Å². The zero-order valence-electron chi connectivity index (χ0n) is 15.5. The van der Waals surface area contributed by atoms with Crippen LogP contribution in [0.15, 0.2) is 59.7 Å². The fourth-order valence-corrected chi connectivity index (χ4v) is 3.78. The Morgan fingerprint density at radius 2 is 1.21 bits per heavy atom. The zero-order chi connectivity index (χ0) is 21.0. The van der Waals surface area contributed by atoms with Crippen molar-refractivity contribution in [2.75, 3.05) is 14.2 Å². The minimum atomic E-state index is 0.710. The van der Waals surface area contributed by atoms with E-state index in [9.17, 15) is 0 Å². The van der Waals surface area contributed by atoms with Crippen LogP contribution in [0.5, 0.6) is 11.5 Å². The molecule has 0 unspecified atom stereocenters. The van der Waals surface area contributed by atoms with Crippen LogP contribution in [0.3, 0.4) is 0 Å². The molecule has 2 aromatic carbocycles. The van der Waals surface area contributed by atoms with Crippen LogP contribution in [-0.2, 0) is 0 Å². The van der Waals surface area contributed by atoms with Gasteiger partial charge in [0.2, 0.25) is 0 Å². The molecule has 0 radical (unpaired) electrons. The largest absolute Gasteiger partial charge is 0.497 e. The molecule has 3 nitrogen and oxygen atoms in total. The maximum Gasteiger partial charge on any atom is 0.143 e. The monoisotopic (exact) mass is 644 g/mol.